The maximum atomic E-state index is 12.3. The lowest BCUT2D eigenvalue weighted by Gasteiger charge is -2.34. The third kappa shape index (κ3) is 4.28. The number of piperazine rings is 1. The van der Waals surface area contributed by atoms with Crippen molar-refractivity contribution in [2.75, 3.05) is 37.6 Å². The molecule has 3 amide bonds. The van der Waals surface area contributed by atoms with Gasteiger partial charge in [0.15, 0.2) is 0 Å². The van der Waals surface area contributed by atoms with E-state index in [4.69, 9.17) is 0 Å². The van der Waals surface area contributed by atoms with Crippen LogP contribution in [0.4, 0.5) is 10.5 Å². The third-order valence-electron chi connectivity index (χ3n) is 5.91. The predicted molar refractivity (Wildman–Crippen MR) is 115 cm³/mol. The second-order valence-electron chi connectivity index (χ2n) is 8.06. The number of hydrogen-bond acceptors (Lipinski definition) is 6. The van der Waals surface area contributed by atoms with Crippen LogP contribution in [0, 0.1) is 0 Å². The van der Waals surface area contributed by atoms with Crippen molar-refractivity contribution in [3.05, 3.63) is 60.2 Å². The molecule has 0 saturated carbocycles. The summed E-state index contributed by atoms with van der Waals surface area (Å²) >= 11 is 0. The number of imide groups is 1. The van der Waals surface area contributed by atoms with Crippen LogP contribution in [0.2, 0.25) is 0 Å². The quantitative estimate of drug-likeness (QED) is 0.675. The maximum Gasteiger partial charge on any atom is 0.328 e. The molecule has 5 rings (SSSR count). The van der Waals surface area contributed by atoms with E-state index in [0.29, 0.717) is 13.0 Å². The SMILES string of the molecule is O=C1CCN(c2cnn3ccc(CN4CCN(Cc5cccnc5)CC4)cc23)C(=O)N1. The molecule has 9 nitrogen and oxygen atoms in total. The van der Waals surface area contributed by atoms with Gasteiger partial charge in [-0.25, -0.2) is 9.31 Å². The molecule has 2 fully saturated rings. The minimum absolute atomic E-state index is 0.235. The summed E-state index contributed by atoms with van der Waals surface area (Å²) in [6.45, 7) is 6.23. The number of carbonyl (C=O) groups is 2. The van der Waals surface area contributed by atoms with E-state index in [1.807, 2.05) is 18.5 Å². The van der Waals surface area contributed by atoms with Crippen LogP contribution >= 0.6 is 0 Å². The lowest BCUT2D eigenvalue weighted by Crippen LogP contribution is -2.49. The predicted octanol–water partition coefficient (Wildman–Crippen LogP) is 1.49. The van der Waals surface area contributed by atoms with Gasteiger partial charge in [0.1, 0.15) is 0 Å². The molecule has 2 aliphatic heterocycles. The number of nitrogens with one attached hydrogen (secondary N) is 1. The summed E-state index contributed by atoms with van der Waals surface area (Å²) in [5.74, 6) is -0.235. The number of anilines is 1. The fourth-order valence-electron chi connectivity index (χ4n) is 4.23. The normalized spacial score (nSPS) is 18.5. The Hall–Kier alpha value is -3.30. The van der Waals surface area contributed by atoms with Gasteiger partial charge in [-0.2, -0.15) is 5.10 Å². The molecule has 2 aliphatic rings. The second kappa shape index (κ2) is 8.44. The van der Waals surface area contributed by atoms with Crippen molar-refractivity contribution in [2.45, 2.75) is 19.5 Å². The standard InChI is InChI=1S/C22H25N7O2/c30-21-4-6-28(22(31)25-21)20-14-24-29-7-3-17(12-19(20)29)15-26-8-10-27(11-9-26)16-18-2-1-5-23-13-18/h1-3,5,7,12-14H,4,6,8-11,15-16H2,(H,25,30,31). The van der Waals surface area contributed by atoms with Gasteiger partial charge in [0.2, 0.25) is 5.91 Å². The van der Waals surface area contributed by atoms with Crippen molar-refractivity contribution >= 4 is 23.1 Å². The number of amides is 3. The number of rotatable bonds is 5. The Balaban J connectivity index is 1.24. The zero-order chi connectivity index (χ0) is 21.2. The number of aromatic nitrogens is 3. The Kier molecular flexibility index (Phi) is 5.35. The molecular weight excluding hydrogens is 394 g/mol. The Morgan fingerprint density at radius 2 is 1.71 bits per heavy atom. The molecule has 0 bridgehead atoms. The van der Waals surface area contributed by atoms with Crippen LogP contribution in [0.5, 0.6) is 0 Å². The van der Waals surface area contributed by atoms with Gasteiger partial charge in [-0.05, 0) is 29.3 Å². The first-order valence-corrected chi connectivity index (χ1v) is 10.6. The van der Waals surface area contributed by atoms with Crippen LogP contribution < -0.4 is 10.2 Å². The number of hydrogen-bond donors (Lipinski definition) is 1. The molecule has 0 radical (unpaired) electrons. The Bertz CT molecular complexity index is 1090. The molecule has 0 aromatic carbocycles. The summed E-state index contributed by atoms with van der Waals surface area (Å²) in [7, 11) is 0. The van der Waals surface area contributed by atoms with Crippen LogP contribution in [-0.2, 0) is 17.9 Å². The topological polar surface area (TPSA) is 86.1 Å². The van der Waals surface area contributed by atoms with E-state index in [1.165, 1.54) is 11.1 Å². The minimum Gasteiger partial charge on any atom is -0.297 e. The van der Waals surface area contributed by atoms with Crippen LogP contribution in [-0.4, -0.2) is 69.1 Å². The summed E-state index contributed by atoms with van der Waals surface area (Å²) in [6.07, 6.45) is 7.66. The highest BCUT2D eigenvalue weighted by Crippen LogP contribution is 2.24. The molecule has 0 unspecified atom stereocenters. The third-order valence-corrected chi connectivity index (χ3v) is 5.91. The molecule has 1 N–H and O–H groups in total. The molecule has 0 aliphatic carbocycles. The smallest absolute Gasteiger partial charge is 0.297 e. The van der Waals surface area contributed by atoms with Gasteiger partial charge in [0, 0.05) is 70.8 Å². The van der Waals surface area contributed by atoms with Crippen LogP contribution in [0.25, 0.3) is 5.52 Å². The number of urea groups is 1. The Morgan fingerprint density at radius 1 is 0.935 bits per heavy atom. The minimum atomic E-state index is -0.388. The summed E-state index contributed by atoms with van der Waals surface area (Å²) in [5, 5.41) is 6.75. The summed E-state index contributed by atoms with van der Waals surface area (Å²) in [5.41, 5.74) is 4.03. The van der Waals surface area contributed by atoms with Crippen molar-refractivity contribution in [1.29, 1.82) is 0 Å². The second-order valence-corrected chi connectivity index (χ2v) is 8.06. The van der Waals surface area contributed by atoms with Gasteiger partial charge < -0.3 is 0 Å². The van der Waals surface area contributed by atoms with Gasteiger partial charge in [-0.1, -0.05) is 6.07 Å². The highest BCUT2D eigenvalue weighted by Gasteiger charge is 2.26. The molecule has 160 valence electrons. The molecule has 31 heavy (non-hydrogen) atoms. The van der Waals surface area contributed by atoms with Crippen molar-refractivity contribution in [3.63, 3.8) is 0 Å². The molecule has 5 heterocycles. The fraction of sp³-hybridized carbons (Fsp3) is 0.364. The molecular formula is C22H25N7O2. The first-order chi connectivity index (χ1) is 15.2. The van der Waals surface area contributed by atoms with Crippen molar-refractivity contribution in [2.24, 2.45) is 0 Å². The molecule has 0 atom stereocenters. The highest BCUT2D eigenvalue weighted by atomic mass is 16.2. The van der Waals surface area contributed by atoms with Crippen LogP contribution in [0.3, 0.4) is 0 Å². The van der Waals surface area contributed by atoms with Crippen molar-refractivity contribution < 1.29 is 9.59 Å². The summed E-state index contributed by atoms with van der Waals surface area (Å²) < 4.78 is 1.77. The van der Waals surface area contributed by atoms with E-state index in [-0.39, 0.29) is 11.9 Å². The Labute approximate surface area is 180 Å². The van der Waals surface area contributed by atoms with E-state index in [1.54, 1.807) is 21.8 Å². The van der Waals surface area contributed by atoms with E-state index in [0.717, 1.165) is 50.5 Å². The lowest BCUT2D eigenvalue weighted by atomic mass is 10.2. The van der Waals surface area contributed by atoms with Gasteiger partial charge in [0.05, 0.1) is 17.4 Å². The average Bonchev–Trinajstić information content (AvgIpc) is 3.19. The molecule has 2 saturated heterocycles. The number of pyridine rings is 2. The number of fused-ring (bicyclic) bond motifs is 1. The monoisotopic (exact) mass is 419 g/mol. The summed E-state index contributed by atoms with van der Waals surface area (Å²) in [6, 6.07) is 7.88. The number of carbonyl (C=O) groups excluding carboxylic acids is 2. The Morgan fingerprint density at radius 3 is 2.42 bits per heavy atom. The number of nitrogens with zero attached hydrogens (tertiary/aromatic N) is 6. The highest BCUT2D eigenvalue weighted by molar-refractivity contribution is 6.07. The lowest BCUT2D eigenvalue weighted by molar-refractivity contribution is -0.120. The van der Waals surface area contributed by atoms with Gasteiger partial charge in [-0.15, -0.1) is 0 Å². The van der Waals surface area contributed by atoms with E-state index < -0.39 is 0 Å². The largest absolute Gasteiger partial charge is 0.328 e. The van der Waals surface area contributed by atoms with Crippen molar-refractivity contribution in [3.8, 4) is 0 Å². The van der Waals surface area contributed by atoms with Gasteiger partial charge >= 0.3 is 6.03 Å². The molecule has 3 aromatic heterocycles. The van der Waals surface area contributed by atoms with E-state index >= 15 is 0 Å². The van der Waals surface area contributed by atoms with Crippen LogP contribution in [0.15, 0.2) is 49.1 Å². The zero-order valence-corrected chi connectivity index (χ0v) is 17.3. The van der Waals surface area contributed by atoms with Crippen LogP contribution in [0.1, 0.15) is 17.5 Å². The van der Waals surface area contributed by atoms with Gasteiger partial charge in [-0.3, -0.25) is 29.8 Å². The fourth-order valence-corrected chi connectivity index (χ4v) is 4.23. The molecule has 0 spiro atoms. The van der Waals surface area contributed by atoms with Crippen molar-refractivity contribution in [1.82, 2.24) is 29.7 Å². The first-order valence-electron chi connectivity index (χ1n) is 10.6. The summed E-state index contributed by atoms with van der Waals surface area (Å²) in [4.78, 5) is 34.4. The zero-order valence-electron chi connectivity index (χ0n) is 17.3. The van der Waals surface area contributed by atoms with Gasteiger partial charge in [0.25, 0.3) is 0 Å². The first kappa shape index (κ1) is 19.7. The average molecular weight is 419 g/mol. The van der Waals surface area contributed by atoms with E-state index in [2.05, 4.69) is 43.4 Å². The maximum absolute atomic E-state index is 12.3. The molecule has 9 heteroatoms. The van der Waals surface area contributed by atoms with E-state index in [9.17, 15) is 9.59 Å². The molecule has 3 aromatic rings.